The van der Waals surface area contributed by atoms with Gasteiger partial charge >= 0.3 is 5.97 Å². The molecule has 1 heterocycles. The zero-order valence-corrected chi connectivity index (χ0v) is 15.0. The van der Waals surface area contributed by atoms with E-state index in [0.717, 1.165) is 44.0 Å². The van der Waals surface area contributed by atoms with Gasteiger partial charge in [0.2, 0.25) is 0 Å². The van der Waals surface area contributed by atoms with Gasteiger partial charge in [0, 0.05) is 19.6 Å². The van der Waals surface area contributed by atoms with Gasteiger partial charge in [-0.3, -0.25) is 4.79 Å². The topological polar surface area (TPSA) is 63.2 Å². The van der Waals surface area contributed by atoms with Gasteiger partial charge in [0.25, 0.3) is 0 Å². The first-order valence-electron chi connectivity index (χ1n) is 8.52. The van der Waals surface area contributed by atoms with E-state index >= 15 is 0 Å². The number of benzene rings is 1. The number of hydrogen-bond donors (Lipinski definition) is 1. The molecule has 0 spiro atoms. The quantitative estimate of drug-likeness (QED) is 0.500. The molecule has 0 saturated carbocycles. The number of carbonyl (C=O) groups excluding carboxylic acids is 1. The van der Waals surface area contributed by atoms with E-state index in [1.807, 2.05) is 6.92 Å². The third kappa shape index (κ3) is 5.08. The zero-order chi connectivity index (χ0) is 18.2. The summed E-state index contributed by atoms with van der Waals surface area (Å²) in [5.41, 5.74) is 0.776. The Morgan fingerprint density at radius 2 is 2.08 bits per heavy atom. The molecule has 1 aliphatic rings. The normalized spacial score (nSPS) is 15.8. The van der Waals surface area contributed by atoms with Crippen molar-refractivity contribution in [2.24, 2.45) is 10.9 Å². The van der Waals surface area contributed by atoms with Crippen LogP contribution >= 0.6 is 0 Å². The number of aliphatic imine (C=N–C) groups is 1. The fourth-order valence-corrected chi connectivity index (χ4v) is 2.89. The van der Waals surface area contributed by atoms with Crippen LogP contribution in [0, 0.1) is 11.7 Å². The molecule has 2 rings (SSSR count). The number of nitrogens with zero attached hydrogens (tertiary/aromatic N) is 2. The smallest absolute Gasteiger partial charge is 0.308 e. The van der Waals surface area contributed by atoms with Gasteiger partial charge in [-0.25, -0.2) is 9.38 Å². The minimum atomic E-state index is -0.390. The van der Waals surface area contributed by atoms with Crippen molar-refractivity contribution in [1.29, 1.82) is 0 Å². The van der Waals surface area contributed by atoms with Crippen molar-refractivity contribution in [3.63, 3.8) is 0 Å². The van der Waals surface area contributed by atoms with E-state index in [0.29, 0.717) is 6.54 Å². The fourth-order valence-electron chi connectivity index (χ4n) is 2.89. The summed E-state index contributed by atoms with van der Waals surface area (Å²) in [5.74, 6) is 0.431. The van der Waals surface area contributed by atoms with Crippen molar-refractivity contribution < 1.29 is 18.7 Å². The van der Waals surface area contributed by atoms with E-state index in [1.54, 1.807) is 12.1 Å². The lowest BCUT2D eigenvalue weighted by Crippen LogP contribution is -2.46. The second-order valence-electron chi connectivity index (χ2n) is 5.92. The Labute approximate surface area is 148 Å². The minimum Gasteiger partial charge on any atom is -0.494 e. The third-order valence-corrected chi connectivity index (χ3v) is 4.29. The van der Waals surface area contributed by atoms with E-state index in [-0.39, 0.29) is 23.5 Å². The first-order chi connectivity index (χ1) is 12.1. The first-order valence-corrected chi connectivity index (χ1v) is 8.52. The van der Waals surface area contributed by atoms with Crippen molar-refractivity contribution in [2.75, 3.05) is 33.9 Å². The number of piperidine rings is 1. The van der Waals surface area contributed by atoms with Gasteiger partial charge in [0.15, 0.2) is 17.5 Å². The van der Waals surface area contributed by atoms with Gasteiger partial charge in [-0.2, -0.15) is 0 Å². The highest BCUT2D eigenvalue weighted by Gasteiger charge is 2.26. The summed E-state index contributed by atoms with van der Waals surface area (Å²) < 4.78 is 23.5. The molecule has 1 aromatic rings. The Morgan fingerprint density at radius 3 is 2.64 bits per heavy atom. The SMILES string of the molecule is CCNC(=NCc1ccc(OC)c(F)c1)N1CCC(C(=O)OC)CC1. The molecule has 0 unspecified atom stereocenters. The monoisotopic (exact) mass is 351 g/mol. The van der Waals surface area contributed by atoms with Gasteiger partial charge in [0.05, 0.1) is 26.7 Å². The molecule has 1 saturated heterocycles. The Balaban J connectivity index is 2.01. The number of rotatable bonds is 5. The summed E-state index contributed by atoms with van der Waals surface area (Å²) in [4.78, 5) is 18.4. The van der Waals surface area contributed by atoms with E-state index in [1.165, 1.54) is 20.3 Å². The van der Waals surface area contributed by atoms with E-state index in [9.17, 15) is 9.18 Å². The summed E-state index contributed by atoms with van der Waals surface area (Å²) in [6, 6.07) is 4.85. The largest absolute Gasteiger partial charge is 0.494 e. The fraction of sp³-hybridized carbons (Fsp3) is 0.556. The number of carbonyl (C=O) groups is 1. The minimum absolute atomic E-state index is 0.0418. The molecule has 0 bridgehead atoms. The van der Waals surface area contributed by atoms with Crippen molar-refractivity contribution in [1.82, 2.24) is 10.2 Å². The van der Waals surface area contributed by atoms with Crippen LogP contribution in [0.15, 0.2) is 23.2 Å². The summed E-state index contributed by atoms with van der Waals surface area (Å²) in [5, 5.41) is 3.26. The van der Waals surface area contributed by atoms with Crippen molar-refractivity contribution in [2.45, 2.75) is 26.3 Å². The molecule has 6 nitrogen and oxygen atoms in total. The zero-order valence-electron chi connectivity index (χ0n) is 15.0. The average Bonchev–Trinajstić information content (AvgIpc) is 2.64. The molecule has 0 aromatic heterocycles. The second-order valence-corrected chi connectivity index (χ2v) is 5.92. The Hall–Kier alpha value is -2.31. The number of halogens is 1. The van der Waals surface area contributed by atoms with Crippen LogP contribution in [0.5, 0.6) is 5.75 Å². The van der Waals surface area contributed by atoms with Crippen LogP contribution in [0.4, 0.5) is 4.39 Å². The number of hydrogen-bond acceptors (Lipinski definition) is 4. The van der Waals surface area contributed by atoms with Crippen LogP contribution in [0.25, 0.3) is 0 Å². The molecule has 0 amide bonds. The number of esters is 1. The van der Waals surface area contributed by atoms with Crippen LogP contribution in [0.1, 0.15) is 25.3 Å². The molecular weight excluding hydrogens is 325 g/mol. The van der Waals surface area contributed by atoms with Crippen molar-refractivity contribution in [3.8, 4) is 5.75 Å². The number of guanidine groups is 1. The molecule has 25 heavy (non-hydrogen) atoms. The number of nitrogens with one attached hydrogen (secondary N) is 1. The molecular formula is C18H26FN3O3. The summed E-state index contributed by atoms with van der Waals surface area (Å²) >= 11 is 0. The van der Waals surface area contributed by atoms with Crippen LogP contribution in [0.3, 0.4) is 0 Å². The van der Waals surface area contributed by atoms with Gasteiger partial charge < -0.3 is 19.7 Å². The van der Waals surface area contributed by atoms with Crippen LogP contribution in [-0.4, -0.2) is 50.7 Å². The Morgan fingerprint density at radius 1 is 1.36 bits per heavy atom. The molecule has 0 atom stereocenters. The van der Waals surface area contributed by atoms with E-state index in [4.69, 9.17) is 9.47 Å². The van der Waals surface area contributed by atoms with Gasteiger partial charge in [-0.05, 0) is 37.5 Å². The number of ether oxygens (including phenoxy) is 2. The first kappa shape index (κ1) is 19.0. The van der Waals surface area contributed by atoms with Crippen molar-refractivity contribution >= 4 is 11.9 Å². The summed E-state index contributed by atoms with van der Waals surface area (Å²) in [7, 11) is 2.87. The van der Waals surface area contributed by atoms with Crippen molar-refractivity contribution in [3.05, 3.63) is 29.6 Å². The number of likely N-dealkylation sites (tertiary alicyclic amines) is 1. The van der Waals surface area contributed by atoms with Gasteiger partial charge in [-0.15, -0.1) is 0 Å². The predicted octanol–water partition coefficient (Wildman–Crippen LogP) is 2.18. The summed E-state index contributed by atoms with van der Waals surface area (Å²) in [6.45, 7) is 4.60. The van der Waals surface area contributed by atoms with Crippen LogP contribution < -0.4 is 10.1 Å². The molecule has 1 N–H and O–H groups in total. The molecule has 0 aliphatic carbocycles. The van der Waals surface area contributed by atoms with E-state index < -0.39 is 0 Å². The maximum absolute atomic E-state index is 13.8. The highest BCUT2D eigenvalue weighted by Crippen LogP contribution is 2.20. The Bertz CT molecular complexity index is 614. The molecule has 0 radical (unpaired) electrons. The molecule has 138 valence electrons. The Kier molecular flexibility index (Phi) is 7.03. The maximum atomic E-state index is 13.8. The summed E-state index contributed by atoms with van der Waals surface area (Å²) in [6.07, 6.45) is 1.49. The highest BCUT2D eigenvalue weighted by molar-refractivity contribution is 5.80. The second kappa shape index (κ2) is 9.25. The number of methoxy groups -OCH3 is 2. The van der Waals surface area contributed by atoms with Crippen LogP contribution in [0.2, 0.25) is 0 Å². The predicted molar refractivity (Wildman–Crippen MR) is 94.1 cm³/mol. The molecule has 7 heteroatoms. The lowest BCUT2D eigenvalue weighted by atomic mass is 9.97. The van der Waals surface area contributed by atoms with Gasteiger partial charge in [-0.1, -0.05) is 6.07 Å². The lowest BCUT2D eigenvalue weighted by Gasteiger charge is -2.33. The standard InChI is InChI=1S/C18H26FN3O3/c1-4-20-18(22-9-7-14(8-10-22)17(23)25-3)21-12-13-5-6-16(24-2)15(19)11-13/h5-6,11,14H,4,7-10,12H2,1-3H3,(H,20,21). The van der Waals surface area contributed by atoms with Gasteiger partial charge in [0.1, 0.15) is 0 Å². The van der Waals surface area contributed by atoms with E-state index in [2.05, 4.69) is 15.2 Å². The third-order valence-electron chi connectivity index (χ3n) is 4.29. The lowest BCUT2D eigenvalue weighted by molar-refractivity contribution is -0.146. The molecule has 1 aliphatic heterocycles. The molecule has 1 aromatic carbocycles. The maximum Gasteiger partial charge on any atom is 0.308 e. The van der Waals surface area contributed by atoms with Crippen LogP contribution in [-0.2, 0) is 16.1 Å². The molecule has 1 fully saturated rings. The average molecular weight is 351 g/mol. The highest BCUT2D eigenvalue weighted by atomic mass is 19.1.